The van der Waals surface area contributed by atoms with E-state index in [9.17, 15) is 13.2 Å². The van der Waals surface area contributed by atoms with Crippen LogP contribution in [0.4, 0.5) is 4.79 Å². The van der Waals surface area contributed by atoms with Gasteiger partial charge in [-0.1, -0.05) is 30.3 Å². The minimum absolute atomic E-state index is 0.170. The molecule has 0 unspecified atom stereocenters. The fraction of sp³-hybridized carbons (Fsp3) is 0.588. The van der Waals surface area contributed by atoms with Crippen LogP contribution in [0, 0.1) is 0 Å². The first kappa shape index (κ1) is 18.7. The number of hydrogen-bond donors (Lipinski definition) is 0. The Bertz CT molecular complexity index is 651. The predicted octanol–water partition coefficient (Wildman–Crippen LogP) is 2.93. The summed E-state index contributed by atoms with van der Waals surface area (Å²) in [5.41, 5.74) is 0.0990. The Kier molecular flexibility index (Phi) is 5.87. The van der Waals surface area contributed by atoms with Gasteiger partial charge in [-0.2, -0.15) is 8.42 Å². The van der Waals surface area contributed by atoms with Gasteiger partial charge in [0.1, 0.15) is 11.4 Å². The minimum Gasteiger partial charge on any atom is -0.444 e. The summed E-state index contributed by atoms with van der Waals surface area (Å²) in [6.07, 6.45) is 0.328. The number of ether oxygens (including phenoxy) is 1. The second kappa shape index (κ2) is 7.53. The lowest BCUT2D eigenvalue weighted by Gasteiger charge is -2.33. The molecule has 1 saturated heterocycles. The average molecular weight is 355 g/mol. The van der Waals surface area contributed by atoms with E-state index in [0.29, 0.717) is 24.9 Å². The zero-order valence-electron chi connectivity index (χ0n) is 14.4. The molecule has 2 rings (SSSR count). The molecule has 1 fully saturated rings. The van der Waals surface area contributed by atoms with Crippen LogP contribution in [-0.4, -0.2) is 44.2 Å². The van der Waals surface area contributed by atoms with Gasteiger partial charge in [-0.25, -0.2) is 4.79 Å². The monoisotopic (exact) mass is 355 g/mol. The van der Waals surface area contributed by atoms with Crippen LogP contribution in [0.2, 0.25) is 0 Å². The molecular formula is C17H25NO5S. The molecule has 1 heterocycles. The number of carbonyl (C=O) groups is 1. The molecule has 0 aromatic heterocycles. The number of hydrogen-bond acceptors (Lipinski definition) is 5. The number of nitrogens with zero attached hydrogens (tertiary/aromatic N) is 1. The maximum atomic E-state index is 12.2. The van der Waals surface area contributed by atoms with Gasteiger partial charge in [0.15, 0.2) is 0 Å². The van der Waals surface area contributed by atoms with Gasteiger partial charge < -0.3 is 9.64 Å². The number of amides is 1. The lowest BCUT2D eigenvalue weighted by molar-refractivity contribution is 0.00837. The molecule has 1 aromatic rings. The van der Waals surface area contributed by atoms with Gasteiger partial charge in [0.25, 0.3) is 10.1 Å². The normalized spacial score (nSPS) is 19.1. The molecule has 6 nitrogen and oxygen atoms in total. The quantitative estimate of drug-likeness (QED) is 0.777. The smallest absolute Gasteiger partial charge is 0.410 e. The molecule has 1 amide bonds. The van der Waals surface area contributed by atoms with Crippen molar-refractivity contribution in [3.8, 4) is 0 Å². The third kappa shape index (κ3) is 6.13. The van der Waals surface area contributed by atoms with E-state index in [-0.39, 0.29) is 12.3 Å². The summed E-state index contributed by atoms with van der Waals surface area (Å²) in [6, 6.07) is 8.89. The van der Waals surface area contributed by atoms with Crippen molar-refractivity contribution in [3.63, 3.8) is 0 Å². The van der Waals surface area contributed by atoms with Crippen LogP contribution in [0.3, 0.4) is 0 Å². The lowest BCUT2D eigenvalue weighted by Crippen LogP contribution is -2.46. The van der Waals surface area contributed by atoms with Crippen LogP contribution in [0.1, 0.15) is 39.2 Å². The van der Waals surface area contributed by atoms with E-state index >= 15 is 0 Å². The summed E-state index contributed by atoms with van der Waals surface area (Å²) in [6.45, 7) is 6.17. The number of piperidine rings is 1. The van der Waals surface area contributed by atoms with Gasteiger partial charge >= 0.3 is 6.09 Å². The van der Waals surface area contributed by atoms with Crippen molar-refractivity contribution in [1.82, 2.24) is 4.90 Å². The van der Waals surface area contributed by atoms with Gasteiger partial charge in [-0.15, -0.1) is 0 Å². The number of carbonyl (C=O) groups excluding carboxylic acids is 1. The van der Waals surface area contributed by atoms with Crippen molar-refractivity contribution in [2.24, 2.45) is 0 Å². The Hall–Kier alpha value is -1.60. The van der Waals surface area contributed by atoms with Crippen molar-refractivity contribution in [2.75, 3.05) is 13.1 Å². The zero-order valence-corrected chi connectivity index (χ0v) is 15.2. The maximum Gasteiger partial charge on any atom is 0.410 e. The first-order chi connectivity index (χ1) is 11.1. The van der Waals surface area contributed by atoms with Crippen LogP contribution in [0.5, 0.6) is 0 Å². The van der Waals surface area contributed by atoms with Gasteiger partial charge in [-0.05, 0) is 39.2 Å². The Morgan fingerprint density at radius 1 is 1.25 bits per heavy atom. The standard InChI is InChI=1S/C17H25NO5S/c1-17(2,3)22-16(19)18-11-7-10-15(12-18)23-24(20,21)13-14-8-5-4-6-9-14/h4-6,8-9,15H,7,10-13H2,1-3H3/t15-/m0/s1. The van der Waals surface area contributed by atoms with E-state index in [1.165, 1.54) is 4.90 Å². The van der Waals surface area contributed by atoms with Crippen LogP contribution in [0.15, 0.2) is 30.3 Å². The summed E-state index contributed by atoms with van der Waals surface area (Å²) in [4.78, 5) is 13.6. The Labute approximate surface area is 143 Å². The highest BCUT2D eigenvalue weighted by molar-refractivity contribution is 7.85. The van der Waals surface area contributed by atoms with Gasteiger partial charge in [0.05, 0.1) is 12.6 Å². The topological polar surface area (TPSA) is 72.9 Å². The molecule has 0 radical (unpaired) electrons. The fourth-order valence-corrected chi connectivity index (χ4v) is 3.77. The summed E-state index contributed by atoms with van der Waals surface area (Å²) in [5, 5.41) is 0. The van der Waals surface area contributed by atoms with E-state index in [2.05, 4.69) is 0 Å². The van der Waals surface area contributed by atoms with Gasteiger partial charge in [0.2, 0.25) is 0 Å². The number of rotatable bonds is 4. The largest absolute Gasteiger partial charge is 0.444 e. The summed E-state index contributed by atoms with van der Waals surface area (Å²) in [5.74, 6) is -0.170. The maximum absolute atomic E-state index is 12.2. The van der Waals surface area contributed by atoms with Gasteiger partial charge in [-0.3, -0.25) is 4.18 Å². The van der Waals surface area contributed by atoms with Crippen molar-refractivity contribution < 1.29 is 22.1 Å². The molecule has 134 valence electrons. The molecular weight excluding hydrogens is 330 g/mol. The second-order valence-corrected chi connectivity index (χ2v) is 8.57. The average Bonchev–Trinajstić information content (AvgIpc) is 2.45. The van der Waals surface area contributed by atoms with Gasteiger partial charge in [0, 0.05) is 6.54 Å². The van der Waals surface area contributed by atoms with Crippen molar-refractivity contribution >= 4 is 16.2 Å². The van der Waals surface area contributed by atoms with E-state index in [1.54, 1.807) is 45.0 Å². The molecule has 1 aliphatic heterocycles. The number of benzene rings is 1. The summed E-state index contributed by atoms with van der Waals surface area (Å²) < 4.78 is 35.1. The lowest BCUT2D eigenvalue weighted by atomic mass is 10.1. The molecule has 0 aliphatic carbocycles. The Morgan fingerprint density at radius 2 is 1.92 bits per heavy atom. The first-order valence-corrected chi connectivity index (χ1v) is 9.65. The number of likely N-dealkylation sites (tertiary alicyclic amines) is 1. The second-order valence-electron chi connectivity index (χ2n) is 6.97. The molecule has 1 atom stereocenters. The van der Waals surface area contributed by atoms with Crippen molar-refractivity contribution in [2.45, 2.75) is 51.1 Å². The SMILES string of the molecule is CC(C)(C)OC(=O)N1CCC[C@H](OS(=O)(=O)Cc2ccccc2)C1. The van der Waals surface area contributed by atoms with E-state index in [0.717, 1.165) is 0 Å². The van der Waals surface area contributed by atoms with Crippen LogP contribution < -0.4 is 0 Å². The predicted molar refractivity (Wildman–Crippen MR) is 91.0 cm³/mol. The highest BCUT2D eigenvalue weighted by Gasteiger charge is 2.30. The zero-order chi connectivity index (χ0) is 17.8. The van der Waals surface area contributed by atoms with Crippen LogP contribution in [0.25, 0.3) is 0 Å². The fourth-order valence-electron chi connectivity index (χ4n) is 2.53. The van der Waals surface area contributed by atoms with Crippen molar-refractivity contribution in [1.29, 1.82) is 0 Å². The molecule has 0 bridgehead atoms. The third-order valence-corrected chi connectivity index (χ3v) is 4.75. The molecule has 1 aromatic carbocycles. The minimum atomic E-state index is -3.70. The molecule has 1 aliphatic rings. The summed E-state index contributed by atoms with van der Waals surface area (Å²) >= 11 is 0. The Balaban J connectivity index is 1.93. The highest BCUT2D eigenvalue weighted by atomic mass is 32.2. The van der Waals surface area contributed by atoms with Crippen molar-refractivity contribution in [3.05, 3.63) is 35.9 Å². The molecule has 0 spiro atoms. The van der Waals surface area contributed by atoms with Crippen LogP contribution in [-0.2, 0) is 24.8 Å². The highest BCUT2D eigenvalue weighted by Crippen LogP contribution is 2.20. The summed E-state index contributed by atoms with van der Waals surface area (Å²) in [7, 11) is -3.70. The molecule has 7 heteroatoms. The Morgan fingerprint density at radius 3 is 2.54 bits per heavy atom. The third-order valence-electron chi connectivity index (χ3n) is 3.50. The molecule has 0 N–H and O–H groups in total. The van der Waals surface area contributed by atoms with E-state index in [1.807, 2.05) is 6.07 Å². The molecule has 24 heavy (non-hydrogen) atoms. The molecule has 0 saturated carbocycles. The van der Waals surface area contributed by atoms with E-state index in [4.69, 9.17) is 8.92 Å². The first-order valence-electron chi connectivity index (χ1n) is 8.07. The van der Waals surface area contributed by atoms with Crippen LogP contribution >= 0.6 is 0 Å². The van der Waals surface area contributed by atoms with E-state index < -0.39 is 27.9 Å².